The van der Waals surface area contributed by atoms with E-state index >= 15 is 0 Å². The summed E-state index contributed by atoms with van der Waals surface area (Å²) < 4.78 is 34.6. The van der Waals surface area contributed by atoms with E-state index in [1.165, 1.54) is 24.1 Å². The number of hydrogen-bond acceptors (Lipinski definition) is 6. The molecule has 1 aliphatic heterocycles. The molecule has 10 heteroatoms. The molecule has 0 spiro atoms. The second kappa shape index (κ2) is 10.2. The average molecular weight is 476 g/mol. The first-order valence-corrected chi connectivity index (χ1v) is 12.4. The van der Waals surface area contributed by atoms with Crippen molar-refractivity contribution in [3.05, 3.63) is 54.1 Å². The van der Waals surface area contributed by atoms with Crippen LogP contribution in [-0.4, -0.2) is 49.2 Å². The zero-order chi connectivity index (χ0) is 23.3. The molecule has 1 heterocycles. The number of sulfonamides is 1. The zero-order valence-corrected chi connectivity index (χ0v) is 19.7. The van der Waals surface area contributed by atoms with Gasteiger partial charge in [-0.2, -0.15) is 8.42 Å². The van der Waals surface area contributed by atoms with Crippen LogP contribution in [0.5, 0.6) is 5.75 Å². The van der Waals surface area contributed by atoms with Gasteiger partial charge in [0.15, 0.2) is 5.17 Å². The van der Waals surface area contributed by atoms with Crippen molar-refractivity contribution in [2.45, 2.75) is 36.8 Å². The highest BCUT2D eigenvalue weighted by molar-refractivity contribution is 8.16. The van der Waals surface area contributed by atoms with E-state index < -0.39 is 15.3 Å². The maximum absolute atomic E-state index is 12.8. The molecule has 170 valence electrons. The minimum atomic E-state index is -3.98. The van der Waals surface area contributed by atoms with Gasteiger partial charge in [0, 0.05) is 24.7 Å². The fraction of sp³-hybridized carbons (Fsp3) is 0.318. The van der Waals surface area contributed by atoms with Crippen molar-refractivity contribution in [3.8, 4) is 5.75 Å². The minimum Gasteiger partial charge on any atom is -0.497 e. The minimum absolute atomic E-state index is 0.0607. The monoisotopic (exact) mass is 475 g/mol. The molecule has 0 radical (unpaired) electrons. The van der Waals surface area contributed by atoms with E-state index in [0.717, 1.165) is 23.7 Å². The Morgan fingerprint density at radius 2 is 1.91 bits per heavy atom. The molecule has 1 unspecified atom stereocenters. The summed E-state index contributed by atoms with van der Waals surface area (Å²) in [6.45, 7) is 3.96. The van der Waals surface area contributed by atoms with Crippen molar-refractivity contribution in [3.63, 3.8) is 0 Å². The normalized spacial score (nSPS) is 17.6. The Morgan fingerprint density at radius 3 is 2.53 bits per heavy atom. The van der Waals surface area contributed by atoms with E-state index in [-0.39, 0.29) is 34.8 Å². The van der Waals surface area contributed by atoms with Crippen LogP contribution in [0, 0.1) is 0 Å². The van der Waals surface area contributed by atoms with E-state index in [1.54, 1.807) is 43.3 Å². The van der Waals surface area contributed by atoms with Crippen LogP contribution in [0.25, 0.3) is 0 Å². The number of hydrogen-bond donors (Lipinski definition) is 1. The SMILES string of the molecule is CCc1ccc(S(=O)(=O)N=C2SC(CC(=O)Nc3cccc(OC)c3)C(=O)N2CC)cc1. The van der Waals surface area contributed by atoms with Crippen LogP contribution < -0.4 is 10.1 Å². The topological polar surface area (TPSA) is 105 Å². The number of aryl methyl sites for hydroxylation is 1. The van der Waals surface area contributed by atoms with Crippen molar-refractivity contribution >= 4 is 44.5 Å². The van der Waals surface area contributed by atoms with Gasteiger partial charge in [-0.25, -0.2) is 0 Å². The molecule has 0 bridgehead atoms. The standard InChI is InChI=1S/C22H25N3O5S2/c1-4-15-9-11-18(12-10-15)32(28,29)24-22-25(5-2)21(27)19(31-22)14-20(26)23-16-7-6-8-17(13-16)30-3/h6-13,19H,4-5,14H2,1-3H3,(H,23,26). The first kappa shape index (κ1) is 23.8. The molecule has 1 aliphatic rings. The Morgan fingerprint density at radius 1 is 1.19 bits per heavy atom. The summed E-state index contributed by atoms with van der Waals surface area (Å²) in [7, 11) is -2.46. The molecular weight excluding hydrogens is 450 g/mol. The lowest BCUT2D eigenvalue weighted by atomic mass is 10.2. The van der Waals surface area contributed by atoms with Crippen LogP contribution in [0.15, 0.2) is 57.8 Å². The average Bonchev–Trinajstić information content (AvgIpc) is 3.06. The van der Waals surface area contributed by atoms with Crippen LogP contribution in [0.3, 0.4) is 0 Å². The van der Waals surface area contributed by atoms with Gasteiger partial charge < -0.3 is 10.1 Å². The molecule has 1 saturated heterocycles. The quantitative estimate of drug-likeness (QED) is 0.628. The molecule has 2 aromatic carbocycles. The van der Waals surface area contributed by atoms with Gasteiger partial charge in [-0.1, -0.05) is 36.9 Å². The van der Waals surface area contributed by atoms with Crippen molar-refractivity contribution in [2.75, 3.05) is 19.0 Å². The molecule has 1 N–H and O–H groups in total. The highest BCUT2D eigenvalue weighted by atomic mass is 32.2. The second-order valence-corrected chi connectivity index (χ2v) is 9.79. The number of carbonyl (C=O) groups is 2. The van der Waals surface area contributed by atoms with E-state index in [2.05, 4.69) is 9.71 Å². The summed E-state index contributed by atoms with van der Waals surface area (Å²) in [5.74, 6) is -0.106. The van der Waals surface area contributed by atoms with Gasteiger partial charge in [0.05, 0.1) is 12.0 Å². The third kappa shape index (κ3) is 5.49. The second-order valence-electron chi connectivity index (χ2n) is 7.02. The number of anilines is 1. The first-order valence-electron chi connectivity index (χ1n) is 10.1. The van der Waals surface area contributed by atoms with Crippen molar-refractivity contribution in [1.29, 1.82) is 0 Å². The fourth-order valence-electron chi connectivity index (χ4n) is 3.13. The summed E-state index contributed by atoms with van der Waals surface area (Å²) in [4.78, 5) is 26.6. The van der Waals surface area contributed by atoms with Crippen LogP contribution in [0.1, 0.15) is 25.8 Å². The highest BCUT2D eigenvalue weighted by Crippen LogP contribution is 2.31. The summed E-state index contributed by atoms with van der Waals surface area (Å²) >= 11 is 0.989. The Labute approximate surface area is 192 Å². The third-order valence-electron chi connectivity index (χ3n) is 4.89. The van der Waals surface area contributed by atoms with Crippen molar-refractivity contribution < 1.29 is 22.7 Å². The summed E-state index contributed by atoms with van der Waals surface area (Å²) in [6, 6.07) is 13.4. The maximum Gasteiger partial charge on any atom is 0.284 e. The number of carbonyl (C=O) groups excluding carboxylic acids is 2. The number of rotatable bonds is 8. The number of amides is 2. The molecule has 0 aliphatic carbocycles. The Bertz CT molecular complexity index is 1130. The summed E-state index contributed by atoms with van der Waals surface area (Å²) in [5.41, 5.74) is 1.56. The Hall–Kier alpha value is -2.85. The lowest BCUT2D eigenvalue weighted by molar-refractivity contribution is -0.128. The van der Waals surface area contributed by atoms with Gasteiger partial charge in [0.25, 0.3) is 10.0 Å². The fourth-order valence-corrected chi connectivity index (χ4v) is 5.55. The molecular formula is C22H25N3O5S2. The van der Waals surface area contributed by atoms with E-state index in [1.807, 2.05) is 6.92 Å². The van der Waals surface area contributed by atoms with E-state index in [0.29, 0.717) is 11.4 Å². The van der Waals surface area contributed by atoms with Gasteiger partial charge in [-0.15, -0.1) is 4.40 Å². The molecule has 0 saturated carbocycles. The van der Waals surface area contributed by atoms with Crippen LogP contribution >= 0.6 is 11.8 Å². The number of ether oxygens (including phenoxy) is 1. The zero-order valence-electron chi connectivity index (χ0n) is 18.1. The first-order chi connectivity index (χ1) is 15.3. The largest absolute Gasteiger partial charge is 0.497 e. The molecule has 3 rings (SSSR count). The van der Waals surface area contributed by atoms with Gasteiger partial charge in [0.2, 0.25) is 11.8 Å². The van der Waals surface area contributed by atoms with Crippen LogP contribution in [0.2, 0.25) is 0 Å². The summed E-state index contributed by atoms with van der Waals surface area (Å²) in [6.07, 6.45) is 0.684. The highest BCUT2D eigenvalue weighted by Gasteiger charge is 2.39. The van der Waals surface area contributed by atoms with Gasteiger partial charge in [-0.05, 0) is 43.2 Å². The molecule has 1 fully saturated rings. The number of methoxy groups -OCH3 is 1. The number of amidine groups is 1. The number of nitrogens with one attached hydrogen (secondary N) is 1. The molecule has 1 atom stereocenters. The van der Waals surface area contributed by atoms with Crippen LogP contribution in [-0.2, 0) is 26.0 Å². The molecule has 2 amide bonds. The smallest absolute Gasteiger partial charge is 0.284 e. The van der Waals surface area contributed by atoms with Crippen molar-refractivity contribution in [1.82, 2.24) is 4.90 Å². The van der Waals surface area contributed by atoms with Crippen LogP contribution in [0.4, 0.5) is 5.69 Å². The Balaban J connectivity index is 1.75. The Kier molecular flexibility index (Phi) is 7.57. The molecule has 2 aromatic rings. The number of benzene rings is 2. The lowest BCUT2D eigenvalue weighted by Gasteiger charge is -2.13. The molecule has 0 aromatic heterocycles. The van der Waals surface area contributed by atoms with Gasteiger partial charge >= 0.3 is 0 Å². The predicted octanol–water partition coefficient (Wildman–Crippen LogP) is 3.30. The third-order valence-corrected chi connectivity index (χ3v) is 7.46. The van der Waals surface area contributed by atoms with E-state index in [4.69, 9.17) is 4.74 Å². The number of nitrogens with zero attached hydrogens (tertiary/aromatic N) is 2. The summed E-state index contributed by atoms with van der Waals surface area (Å²) in [5, 5.41) is 2.06. The number of thioether (sulfide) groups is 1. The maximum atomic E-state index is 12.8. The van der Waals surface area contributed by atoms with Crippen molar-refractivity contribution in [2.24, 2.45) is 4.40 Å². The molecule has 32 heavy (non-hydrogen) atoms. The molecule has 8 nitrogen and oxygen atoms in total. The lowest BCUT2D eigenvalue weighted by Crippen LogP contribution is -2.33. The van der Waals surface area contributed by atoms with E-state index in [9.17, 15) is 18.0 Å². The predicted molar refractivity (Wildman–Crippen MR) is 125 cm³/mol. The van der Waals surface area contributed by atoms with Gasteiger partial charge in [-0.3, -0.25) is 14.5 Å². The van der Waals surface area contributed by atoms with Gasteiger partial charge in [0.1, 0.15) is 11.0 Å².